The third-order valence-electron chi connectivity index (χ3n) is 3.69. The van der Waals surface area contributed by atoms with Gasteiger partial charge in [0, 0.05) is 7.11 Å². The number of sulfone groups is 1. The number of aromatic nitrogens is 2. The molecular weight excluding hydrogens is 302 g/mol. The monoisotopic (exact) mass is 321 g/mol. The van der Waals surface area contributed by atoms with Gasteiger partial charge in [-0.1, -0.05) is 18.0 Å². The third kappa shape index (κ3) is 3.16. The van der Waals surface area contributed by atoms with E-state index in [-0.39, 0.29) is 5.75 Å². The average molecular weight is 322 g/mol. The number of hydrogen-bond acceptors (Lipinski definition) is 5. The van der Waals surface area contributed by atoms with Gasteiger partial charge in [-0.2, -0.15) is 5.10 Å². The molecule has 0 saturated carbocycles. The van der Waals surface area contributed by atoms with Gasteiger partial charge in [-0.05, 0) is 12.8 Å². The van der Waals surface area contributed by atoms with Gasteiger partial charge in [0.1, 0.15) is 0 Å². The molecule has 2 unspecified atom stereocenters. The number of ether oxygens (including phenoxy) is 1. The molecule has 20 heavy (non-hydrogen) atoms. The van der Waals surface area contributed by atoms with Crippen LogP contribution in [0.2, 0.25) is 5.02 Å². The number of methoxy groups -OCH3 is 1. The molecule has 1 aromatic heterocycles. The second-order valence-electron chi connectivity index (χ2n) is 5.02. The number of nitrogens with zero attached hydrogens (tertiary/aromatic N) is 2. The lowest BCUT2D eigenvalue weighted by atomic mass is 10.0. The standard InChI is InChI=1S/C12H20ClN3O3S/c1-19-6-5-16-12(9(13)8-15-16)11(14)10-4-2-3-7-20(10,17)18/h8,10-11H,2-7,14H2,1H3. The van der Waals surface area contributed by atoms with Crippen molar-refractivity contribution in [3.63, 3.8) is 0 Å². The molecule has 1 fully saturated rings. The van der Waals surface area contributed by atoms with Gasteiger partial charge in [-0.15, -0.1) is 0 Å². The zero-order valence-electron chi connectivity index (χ0n) is 11.5. The van der Waals surface area contributed by atoms with Crippen molar-refractivity contribution in [1.29, 1.82) is 0 Å². The summed E-state index contributed by atoms with van der Waals surface area (Å²) < 4.78 is 31.0. The van der Waals surface area contributed by atoms with Crippen molar-refractivity contribution in [2.24, 2.45) is 5.73 Å². The first kappa shape index (κ1) is 15.8. The van der Waals surface area contributed by atoms with E-state index >= 15 is 0 Å². The number of hydrogen-bond donors (Lipinski definition) is 1. The van der Waals surface area contributed by atoms with Gasteiger partial charge < -0.3 is 10.5 Å². The predicted molar refractivity (Wildman–Crippen MR) is 77.5 cm³/mol. The van der Waals surface area contributed by atoms with E-state index in [9.17, 15) is 8.42 Å². The number of halogens is 1. The van der Waals surface area contributed by atoms with Gasteiger partial charge in [-0.25, -0.2) is 8.42 Å². The summed E-state index contributed by atoms with van der Waals surface area (Å²) in [5.74, 6) is 0.204. The van der Waals surface area contributed by atoms with Gasteiger partial charge in [0.15, 0.2) is 9.84 Å². The molecule has 2 atom stereocenters. The normalized spacial score (nSPS) is 23.6. The summed E-state index contributed by atoms with van der Waals surface area (Å²) in [6, 6.07) is -0.646. The Labute approximate surface area is 124 Å². The largest absolute Gasteiger partial charge is 0.383 e. The molecular formula is C12H20ClN3O3S. The summed E-state index contributed by atoms with van der Waals surface area (Å²) in [5.41, 5.74) is 6.78. The molecule has 8 heteroatoms. The second-order valence-corrected chi connectivity index (χ2v) is 7.77. The fraction of sp³-hybridized carbons (Fsp3) is 0.750. The summed E-state index contributed by atoms with van der Waals surface area (Å²) in [7, 11) is -1.57. The van der Waals surface area contributed by atoms with Crippen LogP contribution in [-0.2, 0) is 21.1 Å². The van der Waals surface area contributed by atoms with Crippen LogP contribution >= 0.6 is 11.6 Å². The van der Waals surface area contributed by atoms with Gasteiger partial charge in [0.2, 0.25) is 0 Å². The molecule has 0 radical (unpaired) electrons. The van der Waals surface area contributed by atoms with Crippen LogP contribution in [-0.4, -0.2) is 42.9 Å². The first-order valence-electron chi connectivity index (χ1n) is 6.64. The predicted octanol–water partition coefficient (Wildman–Crippen LogP) is 1.15. The maximum absolute atomic E-state index is 12.2. The lowest BCUT2D eigenvalue weighted by Gasteiger charge is -2.28. The molecule has 0 bridgehead atoms. The maximum atomic E-state index is 12.2. The quantitative estimate of drug-likeness (QED) is 0.879. The van der Waals surface area contributed by atoms with E-state index in [0.717, 1.165) is 6.42 Å². The molecule has 6 nitrogen and oxygen atoms in total. The lowest BCUT2D eigenvalue weighted by Crippen LogP contribution is -2.39. The third-order valence-corrected chi connectivity index (χ3v) is 6.29. The summed E-state index contributed by atoms with van der Waals surface area (Å²) in [4.78, 5) is 0. The van der Waals surface area contributed by atoms with Crippen molar-refractivity contribution in [3.05, 3.63) is 16.9 Å². The summed E-state index contributed by atoms with van der Waals surface area (Å²) in [5, 5.41) is 3.98. The highest BCUT2D eigenvalue weighted by molar-refractivity contribution is 7.92. The van der Waals surface area contributed by atoms with Crippen molar-refractivity contribution < 1.29 is 13.2 Å². The molecule has 1 saturated heterocycles. The second kappa shape index (κ2) is 6.43. The molecule has 0 amide bonds. The molecule has 0 aromatic carbocycles. The van der Waals surface area contributed by atoms with Crippen LogP contribution in [0.5, 0.6) is 0 Å². The van der Waals surface area contributed by atoms with Crippen molar-refractivity contribution >= 4 is 21.4 Å². The van der Waals surface area contributed by atoms with E-state index in [1.54, 1.807) is 11.8 Å². The van der Waals surface area contributed by atoms with E-state index < -0.39 is 21.1 Å². The number of nitrogens with two attached hydrogens (primary N) is 1. The minimum atomic E-state index is -3.16. The Bertz CT molecular complexity index is 558. The van der Waals surface area contributed by atoms with Crippen LogP contribution in [0, 0.1) is 0 Å². The van der Waals surface area contributed by atoms with Crippen LogP contribution in [0.3, 0.4) is 0 Å². The Kier molecular flexibility index (Phi) is 5.06. The van der Waals surface area contributed by atoms with Crippen molar-refractivity contribution in [3.8, 4) is 0 Å². The Morgan fingerprint density at radius 2 is 2.35 bits per heavy atom. The Morgan fingerprint density at radius 3 is 3.00 bits per heavy atom. The van der Waals surface area contributed by atoms with Crippen LogP contribution in [0.15, 0.2) is 6.20 Å². The molecule has 0 aliphatic carbocycles. The highest BCUT2D eigenvalue weighted by Crippen LogP contribution is 2.32. The van der Waals surface area contributed by atoms with Crippen LogP contribution in [0.25, 0.3) is 0 Å². The Morgan fingerprint density at radius 1 is 1.60 bits per heavy atom. The maximum Gasteiger partial charge on any atom is 0.155 e. The van der Waals surface area contributed by atoms with E-state index in [0.29, 0.717) is 36.7 Å². The fourth-order valence-corrected chi connectivity index (χ4v) is 4.90. The first-order valence-corrected chi connectivity index (χ1v) is 8.74. The molecule has 1 aromatic rings. The summed E-state index contributed by atoms with van der Waals surface area (Å²) in [6.45, 7) is 0.966. The Balaban J connectivity index is 2.28. The van der Waals surface area contributed by atoms with Gasteiger partial charge >= 0.3 is 0 Å². The van der Waals surface area contributed by atoms with Crippen molar-refractivity contribution in [2.45, 2.75) is 37.1 Å². The van der Waals surface area contributed by atoms with Crippen LogP contribution in [0.4, 0.5) is 0 Å². The highest BCUT2D eigenvalue weighted by atomic mass is 35.5. The Hall–Kier alpha value is -0.630. The lowest BCUT2D eigenvalue weighted by molar-refractivity contribution is 0.182. The minimum Gasteiger partial charge on any atom is -0.383 e. The zero-order chi connectivity index (χ0) is 14.8. The minimum absolute atomic E-state index is 0.204. The van der Waals surface area contributed by atoms with Gasteiger partial charge in [0.05, 0.1) is 47.1 Å². The highest BCUT2D eigenvalue weighted by Gasteiger charge is 2.36. The molecule has 2 rings (SSSR count). The van der Waals surface area contributed by atoms with Gasteiger partial charge in [0.25, 0.3) is 0 Å². The summed E-state index contributed by atoms with van der Waals surface area (Å²) in [6.07, 6.45) is 3.67. The molecule has 2 N–H and O–H groups in total. The summed E-state index contributed by atoms with van der Waals surface area (Å²) >= 11 is 6.13. The number of rotatable bonds is 5. The molecule has 114 valence electrons. The topological polar surface area (TPSA) is 87.2 Å². The molecule has 0 spiro atoms. The zero-order valence-corrected chi connectivity index (χ0v) is 13.0. The van der Waals surface area contributed by atoms with Crippen LogP contribution < -0.4 is 5.73 Å². The van der Waals surface area contributed by atoms with E-state index in [2.05, 4.69) is 5.10 Å². The molecule has 2 heterocycles. The SMILES string of the molecule is COCCn1ncc(Cl)c1C(N)C1CCCCS1(=O)=O. The van der Waals surface area contributed by atoms with Crippen molar-refractivity contribution in [1.82, 2.24) is 9.78 Å². The fourth-order valence-electron chi connectivity index (χ4n) is 2.62. The van der Waals surface area contributed by atoms with E-state index in [1.165, 1.54) is 6.20 Å². The average Bonchev–Trinajstić information content (AvgIpc) is 2.76. The van der Waals surface area contributed by atoms with Crippen LogP contribution in [0.1, 0.15) is 31.0 Å². The molecule has 1 aliphatic heterocycles. The molecule has 1 aliphatic rings. The van der Waals surface area contributed by atoms with Gasteiger partial charge in [-0.3, -0.25) is 4.68 Å². The van der Waals surface area contributed by atoms with Crippen molar-refractivity contribution in [2.75, 3.05) is 19.5 Å². The van der Waals surface area contributed by atoms with E-state index in [1.807, 2.05) is 0 Å². The first-order chi connectivity index (χ1) is 9.47. The van der Waals surface area contributed by atoms with E-state index in [4.69, 9.17) is 22.1 Å². The smallest absolute Gasteiger partial charge is 0.155 e.